The highest BCUT2D eigenvalue weighted by atomic mass is 32.1. The summed E-state index contributed by atoms with van der Waals surface area (Å²) >= 11 is 1.57. The van der Waals surface area contributed by atoms with Crippen molar-refractivity contribution in [3.63, 3.8) is 0 Å². The maximum Gasteiger partial charge on any atom is 0.343 e. The first-order valence-electron chi connectivity index (χ1n) is 9.81. The molecule has 0 saturated carbocycles. The Hall–Kier alpha value is -3.77. The van der Waals surface area contributed by atoms with E-state index in [4.69, 9.17) is 4.74 Å². The molecule has 154 valence electrons. The number of aryl methyl sites for hydroxylation is 1. The van der Waals surface area contributed by atoms with E-state index in [-0.39, 0.29) is 5.97 Å². The van der Waals surface area contributed by atoms with Gasteiger partial charge in [-0.3, -0.25) is 5.43 Å². The predicted octanol–water partition coefficient (Wildman–Crippen LogP) is 6.17. The van der Waals surface area contributed by atoms with E-state index in [0.29, 0.717) is 11.3 Å². The smallest absolute Gasteiger partial charge is 0.343 e. The van der Waals surface area contributed by atoms with Crippen LogP contribution >= 0.6 is 11.3 Å². The lowest BCUT2D eigenvalue weighted by Crippen LogP contribution is -2.08. The van der Waals surface area contributed by atoms with Crippen molar-refractivity contribution >= 4 is 28.1 Å². The van der Waals surface area contributed by atoms with Gasteiger partial charge in [-0.25, -0.2) is 9.78 Å². The van der Waals surface area contributed by atoms with Gasteiger partial charge < -0.3 is 4.74 Å². The number of hydrazone groups is 1. The highest BCUT2D eigenvalue weighted by Crippen LogP contribution is 2.30. The molecule has 31 heavy (non-hydrogen) atoms. The van der Waals surface area contributed by atoms with Crippen molar-refractivity contribution in [2.24, 2.45) is 5.10 Å². The van der Waals surface area contributed by atoms with Crippen molar-refractivity contribution in [2.75, 3.05) is 5.43 Å². The third-order valence-corrected chi connectivity index (χ3v) is 5.53. The zero-order valence-corrected chi connectivity index (χ0v) is 18.0. The van der Waals surface area contributed by atoms with Gasteiger partial charge in [0.05, 0.1) is 17.0 Å². The summed E-state index contributed by atoms with van der Waals surface area (Å²) in [6.07, 6.45) is 0. The number of hydrogen-bond acceptors (Lipinski definition) is 6. The monoisotopic (exact) mass is 427 g/mol. The first-order valence-corrected chi connectivity index (χ1v) is 10.6. The van der Waals surface area contributed by atoms with Gasteiger partial charge in [-0.1, -0.05) is 48.5 Å². The van der Waals surface area contributed by atoms with E-state index in [1.54, 1.807) is 47.7 Å². The van der Waals surface area contributed by atoms with E-state index in [9.17, 15) is 4.79 Å². The molecule has 1 N–H and O–H groups in total. The second-order valence-electron chi connectivity index (χ2n) is 6.88. The van der Waals surface area contributed by atoms with Crippen LogP contribution in [0.5, 0.6) is 5.75 Å². The van der Waals surface area contributed by atoms with Crippen LogP contribution in [0.4, 0.5) is 5.13 Å². The Morgan fingerprint density at radius 3 is 2.23 bits per heavy atom. The number of anilines is 1. The molecule has 0 unspecified atom stereocenters. The largest absolute Gasteiger partial charge is 0.423 e. The van der Waals surface area contributed by atoms with Crippen LogP contribution in [0, 0.1) is 6.92 Å². The van der Waals surface area contributed by atoms with Gasteiger partial charge in [-0.15, -0.1) is 11.3 Å². The van der Waals surface area contributed by atoms with Crippen molar-refractivity contribution in [3.05, 3.63) is 101 Å². The molecule has 0 saturated heterocycles. The summed E-state index contributed by atoms with van der Waals surface area (Å²) in [6, 6.07) is 26.3. The van der Waals surface area contributed by atoms with Gasteiger partial charge in [0.25, 0.3) is 0 Å². The van der Waals surface area contributed by atoms with Gasteiger partial charge in [0.15, 0.2) is 0 Å². The number of hydrogen-bond donors (Lipinski definition) is 1. The number of esters is 1. The van der Waals surface area contributed by atoms with Crippen LogP contribution in [0.2, 0.25) is 0 Å². The van der Waals surface area contributed by atoms with E-state index in [0.717, 1.165) is 32.5 Å². The minimum absolute atomic E-state index is 0.381. The van der Waals surface area contributed by atoms with Crippen LogP contribution in [0.25, 0.3) is 11.3 Å². The molecule has 0 spiro atoms. The molecule has 0 aliphatic carbocycles. The Kier molecular flexibility index (Phi) is 6.19. The van der Waals surface area contributed by atoms with Gasteiger partial charge in [0.2, 0.25) is 5.13 Å². The van der Waals surface area contributed by atoms with Gasteiger partial charge in [0.1, 0.15) is 5.75 Å². The maximum absolute atomic E-state index is 12.2. The Balaban J connectivity index is 1.41. The Morgan fingerprint density at radius 2 is 1.55 bits per heavy atom. The van der Waals surface area contributed by atoms with Crippen molar-refractivity contribution in [2.45, 2.75) is 13.8 Å². The molecule has 0 aliphatic rings. The van der Waals surface area contributed by atoms with Crippen molar-refractivity contribution in [1.29, 1.82) is 0 Å². The molecular weight excluding hydrogens is 406 g/mol. The van der Waals surface area contributed by atoms with Crippen molar-refractivity contribution < 1.29 is 9.53 Å². The molecule has 4 rings (SSSR count). The molecule has 0 aliphatic heterocycles. The number of nitrogens with one attached hydrogen (secondary N) is 1. The SMILES string of the molecule is C/C(=N/Nc1nc(-c2ccccc2)c(C)s1)c1ccc(OC(=O)c2ccccc2)cc1. The second-order valence-corrected chi connectivity index (χ2v) is 8.08. The highest BCUT2D eigenvalue weighted by Gasteiger charge is 2.10. The first-order chi connectivity index (χ1) is 15.1. The summed E-state index contributed by atoms with van der Waals surface area (Å²) in [6.45, 7) is 3.97. The molecule has 5 nitrogen and oxygen atoms in total. The molecule has 0 fully saturated rings. The Labute approximate surface area is 185 Å². The van der Waals surface area contributed by atoms with Crippen molar-refractivity contribution in [3.8, 4) is 17.0 Å². The topological polar surface area (TPSA) is 63.6 Å². The fraction of sp³-hybridized carbons (Fsp3) is 0.0800. The van der Waals surface area contributed by atoms with Crippen LogP contribution in [0.15, 0.2) is 90.0 Å². The molecule has 0 amide bonds. The third kappa shape index (κ3) is 5.05. The van der Waals surface area contributed by atoms with Crippen molar-refractivity contribution in [1.82, 2.24) is 4.98 Å². The summed E-state index contributed by atoms with van der Waals surface area (Å²) in [5.41, 5.74) is 7.34. The quantitative estimate of drug-likeness (QED) is 0.173. The zero-order chi connectivity index (χ0) is 21.6. The molecule has 0 atom stereocenters. The summed E-state index contributed by atoms with van der Waals surface area (Å²) in [5, 5.41) is 5.20. The van der Waals surface area contributed by atoms with E-state index in [1.165, 1.54) is 0 Å². The van der Waals surface area contributed by atoms with Gasteiger partial charge in [0, 0.05) is 10.4 Å². The Morgan fingerprint density at radius 1 is 0.903 bits per heavy atom. The van der Waals surface area contributed by atoms with Gasteiger partial charge >= 0.3 is 5.97 Å². The highest BCUT2D eigenvalue weighted by molar-refractivity contribution is 7.16. The van der Waals surface area contributed by atoms with Gasteiger partial charge in [-0.05, 0) is 55.8 Å². The maximum atomic E-state index is 12.2. The lowest BCUT2D eigenvalue weighted by atomic mass is 10.1. The number of thiazole rings is 1. The number of benzene rings is 3. The molecule has 1 heterocycles. The lowest BCUT2D eigenvalue weighted by molar-refractivity contribution is 0.0735. The van der Waals surface area contributed by atoms with E-state index in [1.807, 2.05) is 55.5 Å². The standard InChI is InChI=1S/C25H21N3O2S/c1-17(27-28-25-26-23(18(2)31-25)20-9-5-3-6-10-20)19-13-15-22(16-14-19)30-24(29)21-11-7-4-8-12-21/h3-16H,1-2H3,(H,26,28)/b27-17-. The van der Waals surface area contributed by atoms with E-state index < -0.39 is 0 Å². The normalized spacial score (nSPS) is 11.2. The molecule has 0 radical (unpaired) electrons. The van der Waals surface area contributed by atoms with Crippen LogP contribution in [0.1, 0.15) is 27.7 Å². The minimum Gasteiger partial charge on any atom is -0.423 e. The average Bonchev–Trinajstić information content (AvgIpc) is 3.19. The molecule has 3 aromatic carbocycles. The molecular formula is C25H21N3O2S. The summed E-state index contributed by atoms with van der Waals surface area (Å²) < 4.78 is 5.42. The number of carbonyl (C=O) groups is 1. The number of carbonyl (C=O) groups excluding carboxylic acids is 1. The minimum atomic E-state index is -0.381. The van der Waals surface area contributed by atoms with Gasteiger partial charge in [-0.2, -0.15) is 5.10 Å². The van der Waals surface area contributed by atoms with Crippen LogP contribution < -0.4 is 10.2 Å². The lowest BCUT2D eigenvalue weighted by Gasteiger charge is -2.06. The second kappa shape index (κ2) is 9.36. The van der Waals surface area contributed by atoms with Crippen LogP contribution in [-0.4, -0.2) is 16.7 Å². The average molecular weight is 428 g/mol. The molecule has 1 aromatic heterocycles. The number of ether oxygens (including phenoxy) is 1. The first kappa shape index (κ1) is 20.5. The van der Waals surface area contributed by atoms with E-state index >= 15 is 0 Å². The fourth-order valence-electron chi connectivity index (χ4n) is 3.01. The third-order valence-electron chi connectivity index (χ3n) is 4.66. The van der Waals surface area contributed by atoms with Crippen LogP contribution in [0.3, 0.4) is 0 Å². The summed E-state index contributed by atoms with van der Waals surface area (Å²) in [7, 11) is 0. The summed E-state index contributed by atoms with van der Waals surface area (Å²) in [4.78, 5) is 18.0. The molecule has 0 bridgehead atoms. The number of rotatable bonds is 6. The number of aromatic nitrogens is 1. The van der Waals surface area contributed by atoms with E-state index in [2.05, 4.69) is 22.4 Å². The molecule has 6 heteroatoms. The van der Waals surface area contributed by atoms with Crippen LogP contribution in [-0.2, 0) is 0 Å². The summed E-state index contributed by atoms with van der Waals surface area (Å²) in [5.74, 6) is 0.107. The number of nitrogens with zero attached hydrogens (tertiary/aromatic N) is 2. The fourth-order valence-corrected chi connectivity index (χ4v) is 3.79. The Bertz CT molecular complexity index is 1200. The predicted molar refractivity (Wildman–Crippen MR) is 126 cm³/mol. The molecule has 4 aromatic rings. The zero-order valence-electron chi connectivity index (χ0n) is 17.2.